The minimum atomic E-state index is 0.154. The van der Waals surface area contributed by atoms with Crippen LogP contribution < -0.4 is 4.74 Å². The van der Waals surface area contributed by atoms with Crippen LogP contribution in [0.25, 0.3) is 0 Å². The van der Waals surface area contributed by atoms with Gasteiger partial charge in [0.05, 0.1) is 6.61 Å². The van der Waals surface area contributed by atoms with E-state index in [1.54, 1.807) is 13.8 Å². The summed E-state index contributed by atoms with van der Waals surface area (Å²) in [7, 11) is 0. The molecule has 0 bridgehead atoms. The molecular formula is C8H8N4O. The third-order valence-electron chi connectivity index (χ3n) is 1.49. The number of ether oxygens (including phenoxy) is 1. The number of rotatable bonds is 2. The number of aromatic nitrogens is 2. The fourth-order valence-corrected chi connectivity index (χ4v) is 0.973. The predicted molar refractivity (Wildman–Crippen MR) is 43.9 cm³/mol. The van der Waals surface area contributed by atoms with Gasteiger partial charge in [-0.2, -0.15) is 10.5 Å². The molecule has 0 radical (unpaired) electrons. The maximum absolute atomic E-state index is 8.72. The Morgan fingerprint density at radius 2 is 2.23 bits per heavy atom. The lowest BCUT2D eigenvalue weighted by Crippen LogP contribution is -2.00. The van der Waals surface area contributed by atoms with Gasteiger partial charge in [0.1, 0.15) is 11.9 Å². The Morgan fingerprint density at radius 3 is 2.69 bits per heavy atom. The monoisotopic (exact) mass is 176 g/mol. The van der Waals surface area contributed by atoms with E-state index in [0.717, 1.165) is 0 Å². The summed E-state index contributed by atoms with van der Waals surface area (Å²) in [5.41, 5.74) is 0.154. The topological polar surface area (TPSA) is 74.6 Å². The maximum Gasteiger partial charge on any atom is 0.246 e. The summed E-state index contributed by atoms with van der Waals surface area (Å²) >= 11 is 0. The molecule has 0 N–H and O–H groups in total. The van der Waals surface area contributed by atoms with Crippen LogP contribution in [0.4, 0.5) is 0 Å². The Balaban J connectivity index is 3.28. The van der Waals surface area contributed by atoms with Crippen LogP contribution in [0.3, 0.4) is 0 Å². The molecule has 1 heterocycles. The number of nitriles is 2. The second kappa shape index (κ2) is 3.59. The zero-order valence-electron chi connectivity index (χ0n) is 7.40. The fraction of sp³-hybridized carbons (Fsp3) is 0.375. The molecule has 0 saturated heterocycles. The highest BCUT2D eigenvalue weighted by Crippen LogP contribution is 2.18. The molecule has 0 unspecified atom stereocenters. The minimum absolute atomic E-state index is 0.154. The first-order valence-electron chi connectivity index (χ1n) is 3.77. The largest absolute Gasteiger partial charge is 0.476 e. The first-order chi connectivity index (χ1) is 6.24. The van der Waals surface area contributed by atoms with Crippen LogP contribution in [0.1, 0.15) is 18.4 Å². The average Bonchev–Trinajstić information content (AvgIpc) is 2.43. The van der Waals surface area contributed by atoms with Gasteiger partial charge in [0.2, 0.25) is 11.6 Å². The summed E-state index contributed by atoms with van der Waals surface area (Å²) < 4.78 is 6.32. The van der Waals surface area contributed by atoms with Crippen molar-refractivity contribution in [3.05, 3.63) is 11.5 Å². The molecule has 66 valence electrons. The van der Waals surface area contributed by atoms with Gasteiger partial charge in [-0.3, -0.25) is 0 Å². The summed E-state index contributed by atoms with van der Waals surface area (Å²) in [6, 6.07) is 1.87. The number of imidazole rings is 1. The molecule has 0 fully saturated rings. The SMILES string of the molecule is CCOc1c(C#N)nc(C)n1C#N. The van der Waals surface area contributed by atoms with Crippen molar-refractivity contribution in [3.8, 4) is 18.1 Å². The molecule has 0 aliphatic rings. The molecule has 5 nitrogen and oxygen atoms in total. The highest BCUT2D eigenvalue weighted by molar-refractivity contribution is 5.36. The summed E-state index contributed by atoms with van der Waals surface area (Å²) in [5, 5.41) is 17.4. The van der Waals surface area contributed by atoms with Gasteiger partial charge in [0.25, 0.3) is 0 Å². The second-order valence-electron chi connectivity index (χ2n) is 2.29. The van der Waals surface area contributed by atoms with Crippen molar-refractivity contribution in [1.29, 1.82) is 10.5 Å². The summed E-state index contributed by atoms with van der Waals surface area (Å²) in [6.45, 7) is 3.83. The van der Waals surface area contributed by atoms with Crippen molar-refractivity contribution in [2.75, 3.05) is 6.61 Å². The van der Waals surface area contributed by atoms with Gasteiger partial charge in [0, 0.05) is 0 Å². The van der Waals surface area contributed by atoms with E-state index in [1.807, 2.05) is 12.3 Å². The Morgan fingerprint density at radius 1 is 1.54 bits per heavy atom. The quantitative estimate of drug-likeness (QED) is 0.667. The van der Waals surface area contributed by atoms with E-state index in [4.69, 9.17) is 15.3 Å². The smallest absolute Gasteiger partial charge is 0.246 e. The summed E-state index contributed by atoms with van der Waals surface area (Å²) in [4.78, 5) is 3.87. The van der Waals surface area contributed by atoms with Crippen LogP contribution in [0, 0.1) is 29.7 Å². The molecule has 5 heteroatoms. The van der Waals surface area contributed by atoms with Gasteiger partial charge in [-0.25, -0.2) is 9.55 Å². The van der Waals surface area contributed by atoms with E-state index in [2.05, 4.69) is 4.98 Å². The highest BCUT2D eigenvalue weighted by atomic mass is 16.5. The minimum Gasteiger partial charge on any atom is -0.476 e. The molecule has 1 aromatic rings. The van der Waals surface area contributed by atoms with Crippen LogP contribution in [0.15, 0.2) is 0 Å². The van der Waals surface area contributed by atoms with E-state index in [1.165, 1.54) is 4.57 Å². The second-order valence-corrected chi connectivity index (χ2v) is 2.29. The molecular weight excluding hydrogens is 168 g/mol. The fourth-order valence-electron chi connectivity index (χ4n) is 0.973. The number of hydrogen-bond acceptors (Lipinski definition) is 4. The molecule has 13 heavy (non-hydrogen) atoms. The predicted octanol–water partition coefficient (Wildman–Crippen LogP) is 0.791. The van der Waals surface area contributed by atoms with E-state index in [0.29, 0.717) is 12.4 Å². The van der Waals surface area contributed by atoms with Gasteiger partial charge in [-0.1, -0.05) is 0 Å². The average molecular weight is 176 g/mol. The molecule has 0 aromatic carbocycles. The number of aryl methyl sites for hydroxylation is 1. The van der Waals surface area contributed by atoms with Gasteiger partial charge < -0.3 is 4.74 Å². The summed E-state index contributed by atoms with van der Waals surface area (Å²) in [5.74, 6) is 0.688. The standard InChI is InChI=1S/C8H8N4O/c1-3-13-8-7(4-9)11-6(2)12(8)5-10/h3H2,1-2H3. The number of hydrogen-bond donors (Lipinski definition) is 0. The Labute approximate surface area is 75.8 Å². The number of nitrogens with zero attached hydrogens (tertiary/aromatic N) is 4. The van der Waals surface area contributed by atoms with Crippen LogP contribution in [0.5, 0.6) is 5.88 Å². The molecule has 1 aromatic heterocycles. The van der Waals surface area contributed by atoms with Crippen molar-refractivity contribution in [2.45, 2.75) is 13.8 Å². The molecule has 1 rings (SSSR count). The van der Waals surface area contributed by atoms with Gasteiger partial charge in [-0.05, 0) is 13.8 Å². The van der Waals surface area contributed by atoms with Crippen molar-refractivity contribution in [1.82, 2.24) is 9.55 Å². The third-order valence-corrected chi connectivity index (χ3v) is 1.49. The van der Waals surface area contributed by atoms with Crippen molar-refractivity contribution >= 4 is 0 Å². The summed E-state index contributed by atoms with van der Waals surface area (Å²) in [6.07, 6.45) is 1.88. The van der Waals surface area contributed by atoms with Gasteiger partial charge >= 0.3 is 0 Å². The van der Waals surface area contributed by atoms with E-state index in [9.17, 15) is 0 Å². The van der Waals surface area contributed by atoms with E-state index >= 15 is 0 Å². The van der Waals surface area contributed by atoms with Crippen molar-refractivity contribution in [3.63, 3.8) is 0 Å². The molecule has 0 aliphatic heterocycles. The highest BCUT2D eigenvalue weighted by Gasteiger charge is 2.14. The van der Waals surface area contributed by atoms with Crippen LogP contribution in [-0.2, 0) is 0 Å². The Bertz CT molecular complexity index is 394. The lowest BCUT2D eigenvalue weighted by atomic mass is 10.5. The Kier molecular flexibility index (Phi) is 2.51. The van der Waals surface area contributed by atoms with Crippen molar-refractivity contribution < 1.29 is 4.74 Å². The van der Waals surface area contributed by atoms with Crippen molar-refractivity contribution in [2.24, 2.45) is 0 Å². The lowest BCUT2D eigenvalue weighted by molar-refractivity contribution is 0.320. The first kappa shape index (κ1) is 9.08. The molecule has 0 atom stereocenters. The molecule has 0 aliphatic carbocycles. The van der Waals surface area contributed by atoms with Crippen LogP contribution in [0.2, 0.25) is 0 Å². The normalized spacial score (nSPS) is 8.92. The third kappa shape index (κ3) is 1.45. The Hall–Kier alpha value is -2.01. The zero-order chi connectivity index (χ0) is 9.84. The lowest BCUT2D eigenvalue weighted by Gasteiger charge is -2.00. The van der Waals surface area contributed by atoms with Crippen LogP contribution in [-0.4, -0.2) is 16.2 Å². The maximum atomic E-state index is 8.72. The zero-order valence-corrected chi connectivity index (χ0v) is 7.40. The van der Waals surface area contributed by atoms with E-state index in [-0.39, 0.29) is 11.6 Å². The van der Waals surface area contributed by atoms with E-state index < -0.39 is 0 Å². The molecule has 0 spiro atoms. The van der Waals surface area contributed by atoms with Gasteiger partial charge in [0.15, 0.2) is 6.19 Å². The molecule has 0 saturated carbocycles. The van der Waals surface area contributed by atoms with Crippen LogP contribution >= 0.6 is 0 Å². The molecule has 0 amide bonds. The first-order valence-corrected chi connectivity index (χ1v) is 3.77. The van der Waals surface area contributed by atoms with Gasteiger partial charge in [-0.15, -0.1) is 0 Å².